The van der Waals surface area contributed by atoms with Crippen LogP contribution in [0.3, 0.4) is 0 Å². The highest BCUT2D eigenvalue weighted by Crippen LogP contribution is 2.22. The molecule has 1 saturated heterocycles. The first-order valence-corrected chi connectivity index (χ1v) is 9.58. The van der Waals surface area contributed by atoms with E-state index >= 15 is 0 Å². The quantitative estimate of drug-likeness (QED) is 0.387. The van der Waals surface area contributed by atoms with E-state index in [0.29, 0.717) is 12.5 Å². The van der Waals surface area contributed by atoms with Crippen molar-refractivity contribution in [1.29, 1.82) is 0 Å². The van der Waals surface area contributed by atoms with Gasteiger partial charge in [-0.2, -0.15) is 5.10 Å². The molecule has 1 N–H and O–H groups in total. The van der Waals surface area contributed by atoms with E-state index in [9.17, 15) is 0 Å². The third-order valence-corrected chi connectivity index (χ3v) is 5.45. The molecule has 0 radical (unpaired) electrons. The summed E-state index contributed by atoms with van der Waals surface area (Å²) in [6.45, 7) is 6.21. The number of aliphatic imine (C=N–C) groups is 1. The molecule has 2 unspecified atom stereocenters. The van der Waals surface area contributed by atoms with Gasteiger partial charge in [-0.1, -0.05) is 0 Å². The van der Waals surface area contributed by atoms with Gasteiger partial charge in [0.05, 0.1) is 19.3 Å². The number of guanidine groups is 1. The van der Waals surface area contributed by atoms with Crippen LogP contribution in [0.25, 0.3) is 0 Å². The first kappa shape index (κ1) is 21.0. The van der Waals surface area contributed by atoms with Crippen molar-refractivity contribution in [2.75, 3.05) is 33.3 Å². The second-order valence-corrected chi connectivity index (χ2v) is 7.36. The van der Waals surface area contributed by atoms with Crippen molar-refractivity contribution in [3.63, 3.8) is 0 Å². The van der Waals surface area contributed by atoms with Gasteiger partial charge in [0.1, 0.15) is 17.8 Å². The third-order valence-electron chi connectivity index (χ3n) is 5.45. The van der Waals surface area contributed by atoms with Gasteiger partial charge in [0.2, 0.25) is 0 Å². The maximum atomic E-state index is 5.95. The molecule has 0 amide bonds. The average molecular weight is 500 g/mol. The van der Waals surface area contributed by atoms with Crippen molar-refractivity contribution in [1.82, 2.24) is 34.8 Å². The van der Waals surface area contributed by atoms with Gasteiger partial charge in [-0.15, -0.1) is 34.2 Å². The zero-order chi connectivity index (χ0) is 18.8. The monoisotopic (exact) mass is 500 g/mol. The molecule has 154 valence electrons. The van der Waals surface area contributed by atoms with Crippen LogP contribution >= 0.6 is 24.0 Å². The minimum Gasteiger partial charge on any atom is -0.370 e. The largest absolute Gasteiger partial charge is 0.370 e. The molecule has 9 nitrogen and oxygen atoms in total. The Bertz CT molecular complexity index is 816. The molecular formula is C18H29IN8O. The molecule has 0 saturated carbocycles. The van der Waals surface area contributed by atoms with E-state index in [4.69, 9.17) is 4.74 Å². The summed E-state index contributed by atoms with van der Waals surface area (Å²) in [5.74, 6) is 3.62. The molecule has 1 fully saturated rings. The molecule has 2 aliphatic heterocycles. The van der Waals surface area contributed by atoms with E-state index in [-0.39, 0.29) is 30.1 Å². The van der Waals surface area contributed by atoms with Gasteiger partial charge in [-0.25, -0.2) is 0 Å². The van der Waals surface area contributed by atoms with E-state index in [2.05, 4.69) is 35.1 Å². The third kappa shape index (κ3) is 4.48. The summed E-state index contributed by atoms with van der Waals surface area (Å²) < 4.78 is 10.0. The fourth-order valence-electron chi connectivity index (χ4n) is 3.91. The van der Waals surface area contributed by atoms with E-state index in [1.165, 1.54) is 0 Å². The van der Waals surface area contributed by atoms with Crippen molar-refractivity contribution in [3.8, 4) is 0 Å². The Morgan fingerprint density at radius 3 is 2.96 bits per heavy atom. The molecule has 2 aliphatic rings. The number of aryl methyl sites for hydroxylation is 3. The second kappa shape index (κ2) is 9.21. The fourth-order valence-corrected chi connectivity index (χ4v) is 3.91. The first-order chi connectivity index (χ1) is 13.1. The van der Waals surface area contributed by atoms with Crippen LogP contribution in [0.4, 0.5) is 0 Å². The summed E-state index contributed by atoms with van der Waals surface area (Å²) in [4.78, 5) is 6.78. The van der Waals surface area contributed by atoms with E-state index in [1.807, 2.05) is 38.1 Å². The predicted molar refractivity (Wildman–Crippen MR) is 117 cm³/mol. The molecule has 0 aliphatic carbocycles. The first-order valence-electron chi connectivity index (χ1n) is 9.58. The molecule has 0 spiro atoms. The molecule has 28 heavy (non-hydrogen) atoms. The zero-order valence-corrected chi connectivity index (χ0v) is 19.0. The highest BCUT2D eigenvalue weighted by molar-refractivity contribution is 14.0. The van der Waals surface area contributed by atoms with Gasteiger partial charge in [-0.05, 0) is 19.3 Å². The molecule has 4 rings (SSSR count). The summed E-state index contributed by atoms with van der Waals surface area (Å²) in [5, 5.41) is 16.3. The number of ether oxygens (including phenoxy) is 1. The van der Waals surface area contributed by atoms with Gasteiger partial charge in [0.15, 0.2) is 5.96 Å². The van der Waals surface area contributed by atoms with Gasteiger partial charge < -0.3 is 19.5 Å². The molecule has 2 atom stereocenters. The minimum absolute atomic E-state index is 0. The SMILES string of the molecule is CN=C(NCC1CCc2nnc(C)n2C1)N1CCOC(c2cnn(C)c2)C1.I. The van der Waals surface area contributed by atoms with Gasteiger partial charge in [0, 0.05) is 51.9 Å². The van der Waals surface area contributed by atoms with Crippen molar-refractivity contribution in [2.45, 2.75) is 32.4 Å². The Labute approximate surface area is 182 Å². The highest BCUT2D eigenvalue weighted by Gasteiger charge is 2.26. The van der Waals surface area contributed by atoms with E-state index in [0.717, 1.165) is 62.2 Å². The topological polar surface area (TPSA) is 85.4 Å². The molecule has 2 aromatic rings. The summed E-state index contributed by atoms with van der Waals surface area (Å²) >= 11 is 0. The Balaban J connectivity index is 0.00000225. The summed E-state index contributed by atoms with van der Waals surface area (Å²) in [5.41, 5.74) is 1.11. The number of nitrogens with one attached hydrogen (secondary N) is 1. The smallest absolute Gasteiger partial charge is 0.193 e. The number of hydrogen-bond acceptors (Lipinski definition) is 5. The number of rotatable bonds is 3. The summed E-state index contributed by atoms with van der Waals surface area (Å²) in [6, 6.07) is 0. The number of hydrogen-bond donors (Lipinski definition) is 1. The van der Waals surface area contributed by atoms with Crippen molar-refractivity contribution >= 4 is 29.9 Å². The van der Waals surface area contributed by atoms with Crippen LogP contribution < -0.4 is 5.32 Å². The predicted octanol–water partition coefficient (Wildman–Crippen LogP) is 1.15. The van der Waals surface area contributed by atoms with Crippen molar-refractivity contribution < 1.29 is 4.74 Å². The summed E-state index contributed by atoms with van der Waals surface area (Å²) in [7, 11) is 3.78. The van der Waals surface area contributed by atoms with Crippen LogP contribution in [0, 0.1) is 12.8 Å². The van der Waals surface area contributed by atoms with Crippen LogP contribution in [0.1, 0.15) is 29.7 Å². The van der Waals surface area contributed by atoms with Gasteiger partial charge in [0.25, 0.3) is 0 Å². The molecule has 10 heteroatoms. The average Bonchev–Trinajstić information content (AvgIpc) is 3.29. The van der Waals surface area contributed by atoms with Crippen molar-refractivity contribution in [2.24, 2.45) is 18.0 Å². The molecule has 4 heterocycles. The Morgan fingerprint density at radius 2 is 2.21 bits per heavy atom. The van der Waals surface area contributed by atoms with Crippen LogP contribution in [0.2, 0.25) is 0 Å². The summed E-state index contributed by atoms with van der Waals surface area (Å²) in [6.07, 6.45) is 6.05. The number of fused-ring (bicyclic) bond motifs is 1. The van der Waals surface area contributed by atoms with Crippen LogP contribution in [0.15, 0.2) is 17.4 Å². The molecule has 2 aromatic heterocycles. The number of halogens is 1. The molecule has 0 bridgehead atoms. The normalized spacial score (nSPS) is 22.5. The Hall–Kier alpha value is -1.69. The lowest BCUT2D eigenvalue weighted by molar-refractivity contribution is -0.00810. The highest BCUT2D eigenvalue weighted by atomic mass is 127. The number of morpholine rings is 1. The van der Waals surface area contributed by atoms with Crippen LogP contribution in [0.5, 0.6) is 0 Å². The standard InChI is InChI=1S/C18H28N8O.HI/c1-13-22-23-17-5-4-14(10-26(13)17)8-20-18(19-2)25-6-7-27-16(12-25)15-9-21-24(3)11-15;/h9,11,14,16H,4-8,10,12H2,1-3H3,(H,19,20);1H. The maximum absolute atomic E-state index is 5.95. The minimum atomic E-state index is 0. The number of aromatic nitrogens is 5. The second-order valence-electron chi connectivity index (χ2n) is 7.36. The van der Waals surface area contributed by atoms with Gasteiger partial charge >= 0.3 is 0 Å². The fraction of sp³-hybridized carbons (Fsp3) is 0.667. The Kier molecular flexibility index (Phi) is 6.91. The van der Waals surface area contributed by atoms with Crippen molar-refractivity contribution in [3.05, 3.63) is 29.6 Å². The lowest BCUT2D eigenvalue weighted by Gasteiger charge is -2.35. The van der Waals surface area contributed by atoms with Crippen LogP contribution in [-0.2, 0) is 24.8 Å². The molecular weight excluding hydrogens is 471 g/mol. The van der Waals surface area contributed by atoms with Gasteiger partial charge in [-0.3, -0.25) is 9.67 Å². The zero-order valence-electron chi connectivity index (χ0n) is 16.7. The Morgan fingerprint density at radius 1 is 1.36 bits per heavy atom. The van der Waals surface area contributed by atoms with E-state index in [1.54, 1.807) is 0 Å². The lowest BCUT2D eigenvalue weighted by atomic mass is 9.99. The molecule has 0 aromatic carbocycles. The van der Waals surface area contributed by atoms with Crippen LogP contribution in [-0.4, -0.2) is 68.7 Å². The lowest BCUT2D eigenvalue weighted by Crippen LogP contribution is -2.49. The van der Waals surface area contributed by atoms with E-state index < -0.39 is 0 Å². The number of nitrogens with zero attached hydrogens (tertiary/aromatic N) is 7. The maximum Gasteiger partial charge on any atom is 0.193 e.